The van der Waals surface area contributed by atoms with Crippen molar-refractivity contribution < 1.29 is 9.47 Å². The Morgan fingerprint density at radius 1 is 1.08 bits per heavy atom. The Hall–Kier alpha value is -0.0800. The van der Waals surface area contributed by atoms with E-state index in [1.807, 2.05) is 7.05 Å². The summed E-state index contributed by atoms with van der Waals surface area (Å²) in [5, 5.41) is 3.62. The number of aliphatic imine (C=N–C) groups is 1. The summed E-state index contributed by atoms with van der Waals surface area (Å²) in [7, 11) is 3.64. The topological polar surface area (TPSA) is 46.1 Å². The normalized spacial score (nSPS) is 25.6. The van der Waals surface area contributed by atoms with Crippen LogP contribution in [0.4, 0.5) is 0 Å². The van der Waals surface area contributed by atoms with E-state index < -0.39 is 0 Å². The first kappa shape index (κ1) is 23.0. The molecule has 2 rings (SSSR count). The van der Waals surface area contributed by atoms with Gasteiger partial charge in [0.2, 0.25) is 0 Å². The third-order valence-electron chi connectivity index (χ3n) is 5.48. The highest BCUT2D eigenvalue weighted by Gasteiger charge is 2.23. The van der Waals surface area contributed by atoms with Crippen LogP contribution in [-0.4, -0.2) is 64.0 Å². The van der Waals surface area contributed by atoms with Crippen molar-refractivity contribution in [2.75, 3.05) is 47.0 Å². The minimum absolute atomic E-state index is 0. The number of hydrogen-bond acceptors (Lipinski definition) is 3. The summed E-state index contributed by atoms with van der Waals surface area (Å²) >= 11 is 0. The molecular formula is C19H38IN3O2. The molecular weight excluding hydrogens is 429 g/mol. The van der Waals surface area contributed by atoms with Gasteiger partial charge in [0.1, 0.15) is 0 Å². The Morgan fingerprint density at radius 2 is 1.76 bits per heavy atom. The van der Waals surface area contributed by atoms with Gasteiger partial charge in [-0.2, -0.15) is 0 Å². The average Bonchev–Trinajstić information content (AvgIpc) is 2.62. The number of hydrogen-bond donors (Lipinski definition) is 1. The number of ether oxygens (including phenoxy) is 2. The fourth-order valence-electron chi connectivity index (χ4n) is 3.79. The van der Waals surface area contributed by atoms with Gasteiger partial charge in [0.25, 0.3) is 0 Å². The van der Waals surface area contributed by atoms with Gasteiger partial charge in [0.05, 0.1) is 6.10 Å². The summed E-state index contributed by atoms with van der Waals surface area (Å²) in [6, 6.07) is 0. The van der Waals surface area contributed by atoms with Crippen LogP contribution in [0.1, 0.15) is 51.9 Å². The van der Waals surface area contributed by atoms with Crippen molar-refractivity contribution in [1.29, 1.82) is 0 Å². The van der Waals surface area contributed by atoms with Gasteiger partial charge >= 0.3 is 0 Å². The van der Waals surface area contributed by atoms with E-state index in [-0.39, 0.29) is 24.0 Å². The minimum atomic E-state index is 0. The summed E-state index contributed by atoms with van der Waals surface area (Å²) in [6.07, 6.45) is 9.07. The van der Waals surface area contributed by atoms with E-state index in [1.165, 1.54) is 25.7 Å². The van der Waals surface area contributed by atoms with Crippen LogP contribution in [0.15, 0.2) is 4.99 Å². The van der Waals surface area contributed by atoms with Crippen molar-refractivity contribution in [3.05, 3.63) is 0 Å². The van der Waals surface area contributed by atoms with E-state index in [1.54, 1.807) is 7.11 Å². The van der Waals surface area contributed by atoms with Gasteiger partial charge in [-0.1, -0.05) is 19.8 Å². The zero-order valence-electron chi connectivity index (χ0n) is 16.3. The van der Waals surface area contributed by atoms with Crippen LogP contribution in [0.2, 0.25) is 0 Å². The molecule has 5 nitrogen and oxygen atoms in total. The number of halogens is 1. The van der Waals surface area contributed by atoms with E-state index >= 15 is 0 Å². The number of piperidine rings is 1. The van der Waals surface area contributed by atoms with E-state index in [4.69, 9.17) is 9.47 Å². The molecule has 25 heavy (non-hydrogen) atoms. The molecule has 0 aromatic heterocycles. The smallest absolute Gasteiger partial charge is 0.193 e. The van der Waals surface area contributed by atoms with Gasteiger partial charge < -0.3 is 19.7 Å². The number of guanidine groups is 1. The van der Waals surface area contributed by atoms with Crippen LogP contribution in [0.25, 0.3) is 0 Å². The summed E-state index contributed by atoms with van der Waals surface area (Å²) in [5.41, 5.74) is 0. The van der Waals surface area contributed by atoms with Crippen LogP contribution in [0, 0.1) is 11.8 Å². The molecule has 0 bridgehead atoms. The van der Waals surface area contributed by atoms with Crippen LogP contribution < -0.4 is 5.32 Å². The molecule has 1 saturated carbocycles. The van der Waals surface area contributed by atoms with E-state index in [2.05, 4.69) is 22.1 Å². The number of nitrogens with zero attached hydrogens (tertiary/aromatic N) is 2. The first-order valence-electron chi connectivity index (χ1n) is 9.79. The molecule has 2 fully saturated rings. The number of rotatable bonds is 7. The van der Waals surface area contributed by atoms with Crippen molar-refractivity contribution in [3.63, 3.8) is 0 Å². The number of nitrogens with one attached hydrogen (secondary N) is 1. The van der Waals surface area contributed by atoms with Crippen molar-refractivity contribution in [1.82, 2.24) is 10.2 Å². The quantitative estimate of drug-likeness (QED) is 0.269. The lowest BCUT2D eigenvalue weighted by Gasteiger charge is -2.35. The molecule has 0 aromatic carbocycles. The Kier molecular flexibility index (Phi) is 12.1. The van der Waals surface area contributed by atoms with Crippen molar-refractivity contribution >= 4 is 29.9 Å². The molecule has 1 saturated heterocycles. The van der Waals surface area contributed by atoms with Gasteiger partial charge in [-0.05, 0) is 43.9 Å². The van der Waals surface area contributed by atoms with Crippen molar-refractivity contribution in [2.24, 2.45) is 16.8 Å². The second-order valence-electron chi connectivity index (χ2n) is 7.46. The second-order valence-corrected chi connectivity index (χ2v) is 7.46. The molecule has 1 heterocycles. The van der Waals surface area contributed by atoms with Gasteiger partial charge in [0.15, 0.2) is 5.96 Å². The maximum absolute atomic E-state index is 5.94. The van der Waals surface area contributed by atoms with Crippen molar-refractivity contribution in [2.45, 2.75) is 58.0 Å². The maximum Gasteiger partial charge on any atom is 0.193 e. The number of methoxy groups -OCH3 is 1. The highest BCUT2D eigenvalue weighted by molar-refractivity contribution is 14.0. The van der Waals surface area contributed by atoms with E-state index in [0.717, 1.165) is 69.9 Å². The molecule has 148 valence electrons. The molecule has 0 unspecified atom stereocenters. The summed E-state index contributed by atoms with van der Waals surface area (Å²) in [5.74, 6) is 2.81. The first-order chi connectivity index (χ1) is 11.7. The lowest BCUT2D eigenvalue weighted by atomic mass is 9.83. The van der Waals surface area contributed by atoms with E-state index in [0.29, 0.717) is 6.10 Å². The standard InChI is InChI=1S/C19H37N3O2.HI/c1-16-5-7-17(8-6-16)15-21-19(20-2)22-11-9-18(10-12-22)24-14-4-13-23-3;/h16-18H,4-15H2,1-3H3,(H,20,21);1H. The molecule has 1 N–H and O–H groups in total. The van der Waals surface area contributed by atoms with Crippen LogP contribution in [0.3, 0.4) is 0 Å². The molecule has 1 aliphatic heterocycles. The predicted molar refractivity (Wildman–Crippen MR) is 115 cm³/mol. The Labute approximate surface area is 171 Å². The fraction of sp³-hybridized carbons (Fsp3) is 0.947. The zero-order chi connectivity index (χ0) is 17.2. The minimum Gasteiger partial charge on any atom is -0.385 e. The van der Waals surface area contributed by atoms with Gasteiger partial charge in [-0.15, -0.1) is 24.0 Å². The molecule has 0 radical (unpaired) electrons. The first-order valence-corrected chi connectivity index (χ1v) is 9.79. The molecule has 0 atom stereocenters. The molecule has 0 amide bonds. The van der Waals surface area contributed by atoms with Gasteiger partial charge in [-0.25, -0.2) is 0 Å². The Bertz CT molecular complexity index is 366. The van der Waals surface area contributed by atoms with E-state index in [9.17, 15) is 0 Å². The van der Waals surface area contributed by atoms with Gasteiger partial charge in [0, 0.05) is 47.0 Å². The number of likely N-dealkylation sites (tertiary alicyclic amines) is 1. The molecule has 0 aromatic rings. The third-order valence-corrected chi connectivity index (χ3v) is 5.48. The third kappa shape index (κ3) is 8.43. The summed E-state index contributed by atoms with van der Waals surface area (Å²) in [6.45, 7) is 7.13. The average molecular weight is 467 g/mol. The largest absolute Gasteiger partial charge is 0.385 e. The van der Waals surface area contributed by atoms with Crippen LogP contribution in [0.5, 0.6) is 0 Å². The molecule has 2 aliphatic rings. The van der Waals surface area contributed by atoms with Crippen molar-refractivity contribution in [3.8, 4) is 0 Å². The zero-order valence-corrected chi connectivity index (χ0v) is 18.7. The maximum atomic E-state index is 5.94. The Balaban J connectivity index is 0.00000312. The molecule has 0 spiro atoms. The summed E-state index contributed by atoms with van der Waals surface area (Å²) in [4.78, 5) is 6.89. The highest BCUT2D eigenvalue weighted by Crippen LogP contribution is 2.27. The predicted octanol–water partition coefficient (Wildman–Crippen LogP) is 3.52. The summed E-state index contributed by atoms with van der Waals surface area (Å²) < 4.78 is 11.0. The lowest BCUT2D eigenvalue weighted by Crippen LogP contribution is -2.48. The highest BCUT2D eigenvalue weighted by atomic mass is 127. The second kappa shape index (κ2) is 13.1. The SMILES string of the molecule is CN=C(NCC1CCC(C)CC1)N1CCC(OCCCOC)CC1.I. The molecule has 6 heteroatoms. The van der Waals surface area contributed by atoms with Crippen LogP contribution in [-0.2, 0) is 9.47 Å². The lowest BCUT2D eigenvalue weighted by molar-refractivity contribution is 0.00987. The fourth-order valence-corrected chi connectivity index (χ4v) is 3.79. The van der Waals surface area contributed by atoms with Gasteiger partial charge in [-0.3, -0.25) is 4.99 Å². The van der Waals surface area contributed by atoms with Crippen LogP contribution >= 0.6 is 24.0 Å². The molecule has 1 aliphatic carbocycles. The monoisotopic (exact) mass is 467 g/mol. The Morgan fingerprint density at radius 3 is 2.36 bits per heavy atom.